The Labute approximate surface area is 150 Å². The second-order valence-electron chi connectivity index (χ2n) is 4.54. The third-order valence-electron chi connectivity index (χ3n) is 3.12. The Morgan fingerprint density at radius 1 is 1.08 bits per heavy atom. The lowest BCUT2D eigenvalue weighted by atomic mass is 10.1. The van der Waals surface area contributed by atoms with Gasteiger partial charge in [-0.25, -0.2) is 4.79 Å². The van der Waals surface area contributed by atoms with Crippen molar-refractivity contribution in [2.75, 3.05) is 34.5 Å². The maximum atomic E-state index is 12.9. The van der Waals surface area contributed by atoms with Crippen molar-refractivity contribution in [2.24, 2.45) is 0 Å². The van der Waals surface area contributed by atoms with E-state index < -0.39 is 13.6 Å². The lowest BCUT2D eigenvalue weighted by Crippen LogP contribution is -2.11. The van der Waals surface area contributed by atoms with Crippen LogP contribution in [0.15, 0.2) is 10.5 Å². The molecule has 0 aliphatic carbocycles. The molecule has 0 atom stereocenters. The summed E-state index contributed by atoms with van der Waals surface area (Å²) >= 11 is 3.39. The Morgan fingerprint density at radius 2 is 1.62 bits per heavy atom. The number of carbonyl (C=O) groups excluding carboxylic acids is 1. The molecule has 1 aromatic carbocycles. The van der Waals surface area contributed by atoms with E-state index in [2.05, 4.69) is 15.9 Å². The van der Waals surface area contributed by atoms with E-state index >= 15 is 0 Å². The molecular formula is C15H22BrO7P. The lowest BCUT2D eigenvalue weighted by molar-refractivity contribution is 0.0596. The van der Waals surface area contributed by atoms with Crippen LogP contribution >= 0.6 is 23.5 Å². The molecule has 0 heterocycles. The van der Waals surface area contributed by atoms with Crippen molar-refractivity contribution in [2.45, 2.75) is 20.0 Å². The molecule has 0 radical (unpaired) electrons. The zero-order valence-corrected chi connectivity index (χ0v) is 16.9. The number of ether oxygens (including phenoxy) is 3. The zero-order chi connectivity index (χ0) is 18.3. The minimum Gasteiger partial charge on any atom is -0.496 e. The van der Waals surface area contributed by atoms with Gasteiger partial charge in [-0.15, -0.1) is 0 Å². The Balaban J connectivity index is 3.57. The van der Waals surface area contributed by atoms with Crippen molar-refractivity contribution in [1.82, 2.24) is 0 Å². The minimum absolute atomic E-state index is 0.132. The molecule has 1 aromatic rings. The summed E-state index contributed by atoms with van der Waals surface area (Å²) < 4.78 is 39.4. The van der Waals surface area contributed by atoms with Gasteiger partial charge in [-0.05, 0) is 29.8 Å². The van der Waals surface area contributed by atoms with Gasteiger partial charge in [-0.3, -0.25) is 4.57 Å². The smallest absolute Gasteiger partial charge is 0.341 e. The summed E-state index contributed by atoms with van der Waals surface area (Å²) in [5.41, 5.74) is 0.524. The van der Waals surface area contributed by atoms with Crippen LogP contribution < -0.4 is 9.47 Å². The van der Waals surface area contributed by atoms with Crippen LogP contribution in [0.2, 0.25) is 0 Å². The second kappa shape index (κ2) is 9.42. The maximum absolute atomic E-state index is 12.9. The molecule has 0 saturated heterocycles. The molecule has 0 aromatic heterocycles. The summed E-state index contributed by atoms with van der Waals surface area (Å²) in [7, 11) is 0.702. The third kappa shape index (κ3) is 4.72. The summed E-state index contributed by atoms with van der Waals surface area (Å²) in [5.74, 6) is 0.0512. The maximum Gasteiger partial charge on any atom is 0.341 e. The Morgan fingerprint density at radius 3 is 2.04 bits per heavy atom. The fourth-order valence-electron chi connectivity index (χ4n) is 2.16. The van der Waals surface area contributed by atoms with E-state index in [0.29, 0.717) is 15.8 Å². The number of esters is 1. The van der Waals surface area contributed by atoms with Gasteiger partial charge in [0.2, 0.25) is 0 Å². The van der Waals surface area contributed by atoms with Crippen LogP contribution in [0.1, 0.15) is 29.8 Å². The van der Waals surface area contributed by atoms with Crippen LogP contribution in [0.25, 0.3) is 0 Å². The van der Waals surface area contributed by atoms with Crippen LogP contribution in [-0.4, -0.2) is 40.5 Å². The number of carbonyl (C=O) groups is 1. The van der Waals surface area contributed by atoms with Crippen molar-refractivity contribution in [3.05, 3.63) is 21.7 Å². The SMILES string of the molecule is CCOP(=O)(Cc1c(Br)c(OC)cc(OC)c1C(=O)OC)OCC. The van der Waals surface area contributed by atoms with Crippen LogP contribution in [0.3, 0.4) is 0 Å². The topological polar surface area (TPSA) is 80.3 Å². The molecule has 0 fully saturated rings. The molecule has 0 unspecified atom stereocenters. The van der Waals surface area contributed by atoms with Gasteiger partial charge in [0.05, 0.1) is 45.2 Å². The van der Waals surface area contributed by atoms with Gasteiger partial charge in [0.15, 0.2) is 0 Å². The molecule has 24 heavy (non-hydrogen) atoms. The van der Waals surface area contributed by atoms with Gasteiger partial charge < -0.3 is 23.3 Å². The average Bonchev–Trinajstić information content (AvgIpc) is 2.56. The van der Waals surface area contributed by atoms with Crippen molar-refractivity contribution >= 4 is 29.5 Å². The molecule has 9 heteroatoms. The van der Waals surface area contributed by atoms with Crippen molar-refractivity contribution in [3.63, 3.8) is 0 Å². The minimum atomic E-state index is -3.45. The number of benzene rings is 1. The van der Waals surface area contributed by atoms with Crippen LogP contribution in [0.5, 0.6) is 11.5 Å². The van der Waals surface area contributed by atoms with E-state index in [4.69, 9.17) is 23.3 Å². The number of halogens is 1. The Bertz CT molecular complexity index is 623. The second-order valence-corrected chi connectivity index (χ2v) is 7.39. The largest absolute Gasteiger partial charge is 0.496 e. The first kappa shape index (κ1) is 21.0. The summed E-state index contributed by atoms with van der Waals surface area (Å²) in [5, 5.41) is 0. The summed E-state index contributed by atoms with van der Waals surface area (Å²) in [6.07, 6.45) is -0.132. The molecule has 0 N–H and O–H groups in total. The standard InChI is InChI=1S/C15H22BrO7P/c1-6-22-24(18,23-7-2)9-10-13(15(17)21-5)11(19-3)8-12(20-4)14(10)16/h8H,6-7,9H2,1-5H3. The molecule has 0 bridgehead atoms. The quantitative estimate of drug-likeness (QED) is 0.437. The van der Waals surface area contributed by atoms with Gasteiger partial charge in [-0.2, -0.15) is 0 Å². The van der Waals surface area contributed by atoms with Gasteiger partial charge in [-0.1, -0.05) is 0 Å². The Kier molecular flexibility index (Phi) is 8.22. The van der Waals surface area contributed by atoms with Gasteiger partial charge in [0.25, 0.3) is 0 Å². The van der Waals surface area contributed by atoms with Crippen molar-refractivity contribution in [3.8, 4) is 11.5 Å². The van der Waals surface area contributed by atoms with Crippen molar-refractivity contribution < 1.29 is 32.6 Å². The highest BCUT2D eigenvalue weighted by Gasteiger charge is 2.32. The molecule has 136 valence electrons. The van der Waals surface area contributed by atoms with E-state index in [1.807, 2.05) is 0 Å². The summed E-state index contributed by atoms with van der Waals surface area (Å²) in [4.78, 5) is 12.2. The average molecular weight is 425 g/mol. The predicted molar refractivity (Wildman–Crippen MR) is 93.1 cm³/mol. The van der Waals surface area contributed by atoms with Crippen LogP contribution in [0.4, 0.5) is 0 Å². The molecule has 0 amide bonds. The monoisotopic (exact) mass is 424 g/mol. The Hall–Kier alpha value is -1.08. The first-order chi connectivity index (χ1) is 11.4. The van der Waals surface area contributed by atoms with Crippen LogP contribution in [-0.2, 0) is 24.5 Å². The van der Waals surface area contributed by atoms with E-state index in [-0.39, 0.29) is 30.7 Å². The van der Waals surface area contributed by atoms with Gasteiger partial charge in [0.1, 0.15) is 17.1 Å². The molecule has 0 aliphatic heterocycles. The number of methoxy groups -OCH3 is 3. The first-order valence-corrected chi connectivity index (χ1v) is 9.79. The highest BCUT2D eigenvalue weighted by Crippen LogP contribution is 2.54. The van der Waals surface area contributed by atoms with E-state index in [1.165, 1.54) is 21.3 Å². The zero-order valence-electron chi connectivity index (χ0n) is 14.4. The summed E-state index contributed by atoms with van der Waals surface area (Å²) in [6.45, 7) is 3.86. The van der Waals surface area contributed by atoms with Gasteiger partial charge >= 0.3 is 13.6 Å². The van der Waals surface area contributed by atoms with E-state index in [1.54, 1.807) is 19.9 Å². The molecule has 0 saturated carbocycles. The number of rotatable bonds is 9. The molecular weight excluding hydrogens is 403 g/mol. The number of hydrogen-bond acceptors (Lipinski definition) is 7. The van der Waals surface area contributed by atoms with Crippen molar-refractivity contribution in [1.29, 1.82) is 0 Å². The molecule has 0 aliphatic rings. The van der Waals surface area contributed by atoms with E-state index in [9.17, 15) is 9.36 Å². The van der Waals surface area contributed by atoms with E-state index in [0.717, 1.165) is 0 Å². The fourth-order valence-corrected chi connectivity index (χ4v) is 4.74. The van der Waals surface area contributed by atoms with Gasteiger partial charge in [0, 0.05) is 11.6 Å². The normalized spacial score (nSPS) is 11.2. The molecule has 0 spiro atoms. The number of hydrogen-bond donors (Lipinski definition) is 0. The predicted octanol–water partition coefficient (Wildman–Crippen LogP) is 4.02. The highest BCUT2D eigenvalue weighted by atomic mass is 79.9. The van der Waals surface area contributed by atoms with Crippen LogP contribution in [0, 0.1) is 0 Å². The third-order valence-corrected chi connectivity index (χ3v) is 6.00. The lowest BCUT2D eigenvalue weighted by Gasteiger charge is -2.21. The highest BCUT2D eigenvalue weighted by molar-refractivity contribution is 9.10. The first-order valence-electron chi connectivity index (χ1n) is 7.27. The molecule has 7 nitrogen and oxygen atoms in total. The fraction of sp³-hybridized carbons (Fsp3) is 0.533. The summed E-state index contributed by atoms with van der Waals surface area (Å²) in [6, 6.07) is 1.55. The molecule has 1 rings (SSSR count).